The molecule has 1 aliphatic rings. The van der Waals surface area contributed by atoms with Crippen molar-refractivity contribution in [3.8, 4) is 11.8 Å². The maximum Gasteiger partial charge on any atom is 0.119 e. The van der Waals surface area contributed by atoms with Gasteiger partial charge in [0.05, 0.1) is 18.2 Å². The Hall–Kier alpha value is -1.49. The zero-order valence-corrected chi connectivity index (χ0v) is 12.5. The third-order valence-electron chi connectivity index (χ3n) is 4.55. The molecule has 0 atom stereocenters. The number of rotatable bonds is 6. The third kappa shape index (κ3) is 4.56. The molecule has 1 aliphatic carbocycles. The number of nitrogens with zero attached hydrogens (tertiary/aromatic N) is 1. The molecule has 0 N–H and O–H groups in total. The summed E-state index contributed by atoms with van der Waals surface area (Å²) in [6, 6.07) is 9.49. The molecule has 0 aromatic heterocycles. The van der Waals surface area contributed by atoms with Crippen LogP contribution in [0.5, 0.6) is 5.75 Å². The van der Waals surface area contributed by atoms with Gasteiger partial charge in [0.25, 0.3) is 0 Å². The van der Waals surface area contributed by atoms with Crippen molar-refractivity contribution in [2.24, 2.45) is 11.8 Å². The Morgan fingerprint density at radius 1 is 1.10 bits per heavy atom. The Morgan fingerprint density at radius 2 is 1.75 bits per heavy atom. The fourth-order valence-electron chi connectivity index (χ4n) is 3.12. The Labute approximate surface area is 122 Å². The monoisotopic (exact) mass is 271 g/mol. The second kappa shape index (κ2) is 7.94. The van der Waals surface area contributed by atoms with Crippen LogP contribution in [0.3, 0.4) is 0 Å². The first-order chi connectivity index (χ1) is 9.81. The summed E-state index contributed by atoms with van der Waals surface area (Å²) in [5, 5.41) is 8.73. The molecule has 0 spiro atoms. The molecule has 2 heteroatoms. The lowest BCUT2D eigenvalue weighted by Crippen LogP contribution is -2.14. The average Bonchev–Trinajstić information content (AvgIpc) is 2.53. The molecule has 1 aromatic carbocycles. The minimum atomic E-state index is 0.685. The number of nitriles is 1. The molecule has 0 heterocycles. The lowest BCUT2D eigenvalue weighted by atomic mass is 9.79. The molecule has 108 valence electrons. The van der Waals surface area contributed by atoms with Crippen LogP contribution in [-0.4, -0.2) is 6.61 Å². The maximum absolute atomic E-state index is 8.73. The summed E-state index contributed by atoms with van der Waals surface area (Å²) < 4.78 is 5.73. The Bertz CT molecular complexity index is 424. The fourth-order valence-corrected chi connectivity index (χ4v) is 3.12. The topological polar surface area (TPSA) is 33.0 Å². The highest BCUT2D eigenvalue weighted by Crippen LogP contribution is 2.32. The van der Waals surface area contributed by atoms with Crippen LogP contribution in [0, 0.1) is 23.2 Å². The molecule has 0 saturated heterocycles. The van der Waals surface area contributed by atoms with Crippen molar-refractivity contribution in [1.29, 1.82) is 5.26 Å². The number of hydrogen-bond donors (Lipinski definition) is 0. The molecule has 2 nitrogen and oxygen atoms in total. The van der Waals surface area contributed by atoms with E-state index in [-0.39, 0.29) is 0 Å². The van der Waals surface area contributed by atoms with Crippen molar-refractivity contribution in [2.75, 3.05) is 6.61 Å². The van der Waals surface area contributed by atoms with Gasteiger partial charge in [-0.1, -0.05) is 39.0 Å². The van der Waals surface area contributed by atoms with E-state index in [2.05, 4.69) is 13.0 Å². The number of benzene rings is 1. The van der Waals surface area contributed by atoms with Crippen LogP contribution < -0.4 is 4.74 Å². The second-order valence-corrected chi connectivity index (χ2v) is 5.92. The van der Waals surface area contributed by atoms with E-state index in [1.54, 1.807) is 12.1 Å². The molecule has 0 bridgehead atoms. The van der Waals surface area contributed by atoms with Crippen LogP contribution in [0.4, 0.5) is 0 Å². The van der Waals surface area contributed by atoms with Gasteiger partial charge in [0.15, 0.2) is 0 Å². The lowest BCUT2D eigenvalue weighted by molar-refractivity contribution is 0.234. The summed E-state index contributed by atoms with van der Waals surface area (Å²) in [4.78, 5) is 0. The van der Waals surface area contributed by atoms with E-state index in [4.69, 9.17) is 10.00 Å². The van der Waals surface area contributed by atoms with Gasteiger partial charge < -0.3 is 4.74 Å². The van der Waals surface area contributed by atoms with Gasteiger partial charge in [0.1, 0.15) is 5.75 Å². The first-order valence-electron chi connectivity index (χ1n) is 7.94. The second-order valence-electron chi connectivity index (χ2n) is 5.92. The average molecular weight is 271 g/mol. The van der Waals surface area contributed by atoms with Crippen LogP contribution in [0.1, 0.15) is 57.4 Å². The minimum Gasteiger partial charge on any atom is -0.494 e. The van der Waals surface area contributed by atoms with E-state index in [9.17, 15) is 0 Å². The van der Waals surface area contributed by atoms with Crippen LogP contribution in [-0.2, 0) is 0 Å². The Balaban J connectivity index is 1.60. The highest BCUT2D eigenvalue weighted by atomic mass is 16.5. The molecular weight excluding hydrogens is 246 g/mol. The zero-order valence-electron chi connectivity index (χ0n) is 12.5. The summed E-state index contributed by atoms with van der Waals surface area (Å²) in [6.45, 7) is 3.11. The quantitative estimate of drug-likeness (QED) is 0.687. The molecule has 0 aliphatic heterocycles. The van der Waals surface area contributed by atoms with Crippen molar-refractivity contribution >= 4 is 0 Å². The van der Waals surface area contributed by atoms with E-state index in [0.29, 0.717) is 5.56 Å². The molecule has 20 heavy (non-hydrogen) atoms. The predicted octanol–water partition coefficient (Wildman–Crippen LogP) is 4.93. The molecule has 0 unspecified atom stereocenters. The normalized spacial score (nSPS) is 22.2. The summed E-state index contributed by atoms with van der Waals surface area (Å²) in [7, 11) is 0. The van der Waals surface area contributed by atoms with Crippen molar-refractivity contribution in [3.63, 3.8) is 0 Å². The highest BCUT2D eigenvalue weighted by Gasteiger charge is 2.19. The number of hydrogen-bond acceptors (Lipinski definition) is 2. The summed E-state index contributed by atoms with van der Waals surface area (Å²) in [5.41, 5.74) is 0.685. The van der Waals surface area contributed by atoms with Gasteiger partial charge in [-0.2, -0.15) is 5.26 Å². The molecule has 0 amide bonds. The standard InChI is InChI=1S/C18H25NO/c1-2-15-5-7-16(8-6-15)4-3-13-20-18-11-9-17(14-19)10-12-18/h9-12,15-16H,2-8,13H2,1H3/t15-,16-. The Morgan fingerprint density at radius 3 is 2.35 bits per heavy atom. The number of ether oxygens (including phenoxy) is 1. The summed E-state index contributed by atoms with van der Waals surface area (Å²) in [6.07, 6.45) is 9.47. The smallest absolute Gasteiger partial charge is 0.119 e. The zero-order chi connectivity index (χ0) is 14.2. The van der Waals surface area contributed by atoms with E-state index >= 15 is 0 Å². The van der Waals surface area contributed by atoms with Gasteiger partial charge in [-0.15, -0.1) is 0 Å². The molecular formula is C18H25NO. The predicted molar refractivity (Wildman–Crippen MR) is 81.6 cm³/mol. The first-order valence-corrected chi connectivity index (χ1v) is 7.94. The van der Waals surface area contributed by atoms with Crippen molar-refractivity contribution < 1.29 is 4.74 Å². The van der Waals surface area contributed by atoms with E-state index in [1.165, 1.54) is 38.5 Å². The van der Waals surface area contributed by atoms with E-state index in [1.807, 2.05) is 12.1 Å². The van der Waals surface area contributed by atoms with Gasteiger partial charge in [0, 0.05) is 0 Å². The van der Waals surface area contributed by atoms with Crippen LogP contribution in [0.25, 0.3) is 0 Å². The van der Waals surface area contributed by atoms with Crippen LogP contribution in [0.2, 0.25) is 0 Å². The van der Waals surface area contributed by atoms with Gasteiger partial charge >= 0.3 is 0 Å². The van der Waals surface area contributed by atoms with E-state index < -0.39 is 0 Å². The molecule has 1 aromatic rings. The van der Waals surface area contributed by atoms with Crippen molar-refractivity contribution in [2.45, 2.75) is 51.9 Å². The van der Waals surface area contributed by atoms with Crippen molar-refractivity contribution in [1.82, 2.24) is 0 Å². The largest absolute Gasteiger partial charge is 0.494 e. The molecule has 0 radical (unpaired) electrons. The highest BCUT2D eigenvalue weighted by molar-refractivity contribution is 5.34. The van der Waals surface area contributed by atoms with Gasteiger partial charge in [-0.25, -0.2) is 0 Å². The molecule has 2 rings (SSSR count). The Kier molecular flexibility index (Phi) is 5.92. The van der Waals surface area contributed by atoms with E-state index in [0.717, 1.165) is 30.6 Å². The summed E-state index contributed by atoms with van der Waals surface area (Å²) in [5.74, 6) is 2.78. The van der Waals surface area contributed by atoms with Crippen LogP contribution >= 0.6 is 0 Å². The van der Waals surface area contributed by atoms with Gasteiger partial charge in [-0.3, -0.25) is 0 Å². The lowest BCUT2D eigenvalue weighted by Gasteiger charge is -2.27. The summed E-state index contributed by atoms with van der Waals surface area (Å²) >= 11 is 0. The fraction of sp³-hybridized carbons (Fsp3) is 0.611. The first kappa shape index (κ1) is 14.9. The van der Waals surface area contributed by atoms with Gasteiger partial charge in [0.2, 0.25) is 0 Å². The van der Waals surface area contributed by atoms with Crippen LogP contribution in [0.15, 0.2) is 24.3 Å². The van der Waals surface area contributed by atoms with Gasteiger partial charge in [-0.05, 0) is 48.9 Å². The van der Waals surface area contributed by atoms with Crippen molar-refractivity contribution in [3.05, 3.63) is 29.8 Å². The maximum atomic E-state index is 8.73. The SMILES string of the molecule is CC[C@H]1CC[C@H](CCCOc2ccc(C#N)cc2)CC1. The molecule has 1 fully saturated rings. The molecule has 1 saturated carbocycles. The minimum absolute atomic E-state index is 0.685. The third-order valence-corrected chi connectivity index (χ3v) is 4.55.